The Bertz CT molecular complexity index is 1450. The van der Waals surface area contributed by atoms with Crippen LogP contribution in [-0.2, 0) is 14.8 Å². The number of nitrogens with two attached hydrogens (primary N) is 1. The predicted octanol–water partition coefficient (Wildman–Crippen LogP) is 3.83. The van der Waals surface area contributed by atoms with Crippen LogP contribution < -0.4 is 15.4 Å². The lowest BCUT2D eigenvalue weighted by atomic mass is 9.90. The van der Waals surface area contributed by atoms with E-state index in [2.05, 4.69) is 35.4 Å². The van der Waals surface area contributed by atoms with E-state index in [9.17, 15) is 18.0 Å². The number of ether oxygens (including phenoxy) is 1. The zero-order chi connectivity index (χ0) is 29.5. The Labute approximate surface area is 235 Å². The van der Waals surface area contributed by atoms with Crippen molar-refractivity contribution in [3.8, 4) is 0 Å². The Morgan fingerprint density at radius 3 is 2.42 bits per heavy atom. The largest absolute Gasteiger partial charge is 0.444 e. The lowest BCUT2D eigenvalue weighted by molar-refractivity contribution is 0.0270. The molecule has 1 saturated heterocycles. The fourth-order valence-electron chi connectivity index (χ4n) is 4.82. The second kappa shape index (κ2) is 10.7. The molecule has 1 fully saturated rings. The zero-order valence-corrected chi connectivity index (χ0v) is 24.7. The van der Waals surface area contributed by atoms with Crippen LogP contribution in [0.1, 0.15) is 70.4 Å². The highest BCUT2D eigenvalue weighted by atomic mass is 32.2. The van der Waals surface area contributed by atoms with Crippen molar-refractivity contribution in [2.24, 2.45) is 5.92 Å². The number of anilines is 2. The summed E-state index contributed by atoms with van der Waals surface area (Å²) in [5.41, 5.74) is 6.51. The van der Waals surface area contributed by atoms with E-state index in [0.29, 0.717) is 43.5 Å². The van der Waals surface area contributed by atoms with E-state index >= 15 is 0 Å². The van der Waals surface area contributed by atoms with Gasteiger partial charge in [0.05, 0.1) is 11.3 Å². The number of aromatic nitrogens is 2. The van der Waals surface area contributed by atoms with Gasteiger partial charge in [0.15, 0.2) is 5.03 Å². The molecule has 12 heteroatoms. The van der Waals surface area contributed by atoms with Gasteiger partial charge < -0.3 is 20.3 Å². The van der Waals surface area contributed by atoms with Gasteiger partial charge in [0, 0.05) is 25.2 Å². The molecule has 2 aromatic heterocycles. The summed E-state index contributed by atoms with van der Waals surface area (Å²) in [4.78, 5) is 38.4. The van der Waals surface area contributed by atoms with Crippen molar-refractivity contribution in [3.05, 3.63) is 47.7 Å². The number of nitrogens with one attached hydrogen (secondary N) is 1. The molecule has 2 aliphatic heterocycles. The number of rotatable bonds is 5. The van der Waals surface area contributed by atoms with E-state index in [-0.39, 0.29) is 28.0 Å². The van der Waals surface area contributed by atoms with Gasteiger partial charge >= 0.3 is 6.09 Å². The average molecular weight is 571 g/mol. The molecule has 4 rings (SSSR count). The van der Waals surface area contributed by atoms with E-state index in [0.717, 1.165) is 12.0 Å². The Hall–Kier alpha value is -3.67. The molecule has 0 radical (unpaired) electrons. The third-order valence-electron chi connectivity index (χ3n) is 7.50. The van der Waals surface area contributed by atoms with Crippen LogP contribution in [0.2, 0.25) is 0 Å². The summed E-state index contributed by atoms with van der Waals surface area (Å²) in [6.45, 7) is 13.3. The predicted molar refractivity (Wildman–Crippen MR) is 153 cm³/mol. The monoisotopic (exact) mass is 570 g/mol. The molecular weight excluding hydrogens is 532 g/mol. The summed E-state index contributed by atoms with van der Waals surface area (Å²) in [6.07, 6.45) is 3.03. The number of hydrogen-bond donors (Lipinski definition) is 2. The molecule has 1 unspecified atom stereocenters. The van der Waals surface area contributed by atoms with Crippen molar-refractivity contribution in [1.82, 2.24) is 19.6 Å². The summed E-state index contributed by atoms with van der Waals surface area (Å²) in [5.74, 6) is -0.0379. The van der Waals surface area contributed by atoms with E-state index < -0.39 is 21.5 Å². The maximum Gasteiger partial charge on any atom is 0.410 e. The Morgan fingerprint density at radius 1 is 1.12 bits per heavy atom. The summed E-state index contributed by atoms with van der Waals surface area (Å²) in [6, 6.07) is 7.51. The SMILES string of the molecule is CC1CCN(c2nc(C3=CCN(C(=O)OC(C)(C)C)CC3)ccc2C(=O)NS(=O)(=O)c2cccc(N)n2)C1(C)C. The van der Waals surface area contributed by atoms with Gasteiger partial charge in [-0.3, -0.25) is 4.79 Å². The maximum absolute atomic E-state index is 13.4. The van der Waals surface area contributed by atoms with Crippen LogP contribution in [0.15, 0.2) is 41.4 Å². The lowest BCUT2D eigenvalue weighted by Crippen LogP contribution is -2.44. The lowest BCUT2D eigenvalue weighted by Gasteiger charge is -2.37. The first-order chi connectivity index (χ1) is 18.6. The first-order valence-electron chi connectivity index (χ1n) is 13.3. The standard InChI is InChI=1S/C28H38N6O5S/c1-18-12-17-34(28(18,5)6)24-20(25(35)32-40(37,38)23-9-7-8-22(29)31-23)10-11-21(30-24)19-13-15-33(16-14-19)26(36)39-27(2,3)4/h7-11,13,18H,12,14-17H2,1-6H3,(H2,29,31)(H,32,35). The molecule has 40 heavy (non-hydrogen) atoms. The third kappa shape index (κ3) is 6.22. The molecule has 2 amide bonds. The minimum atomic E-state index is -4.27. The molecule has 0 bridgehead atoms. The minimum Gasteiger partial charge on any atom is -0.444 e. The van der Waals surface area contributed by atoms with Gasteiger partial charge in [-0.25, -0.2) is 19.5 Å². The highest BCUT2D eigenvalue weighted by Gasteiger charge is 2.41. The molecular formula is C28H38N6O5S. The van der Waals surface area contributed by atoms with Gasteiger partial charge in [-0.05, 0) is 83.2 Å². The van der Waals surface area contributed by atoms with Gasteiger partial charge in [0.2, 0.25) is 0 Å². The van der Waals surface area contributed by atoms with Crippen LogP contribution >= 0.6 is 0 Å². The van der Waals surface area contributed by atoms with Gasteiger partial charge in [-0.2, -0.15) is 8.42 Å². The normalized spacial score (nSPS) is 19.2. The quantitative estimate of drug-likeness (QED) is 0.547. The highest BCUT2D eigenvalue weighted by molar-refractivity contribution is 7.90. The van der Waals surface area contributed by atoms with Crippen molar-refractivity contribution in [1.29, 1.82) is 0 Å². The fraction of sp³-hybridized carbons (Fsp3) is 0.500. The average Bonchev–Trinajstić information content (AvgIpc) is 3.14. The molecule has 0 aliphatic carbocycles. The summed E-state index contributed by atoms with van der Waals surface area (Å²) in [7, 11) is -4.27. The second-order valence-electron chi connectivity index (χ2n) is 11.8. The van der Waals surface area contributed by atoms with Crippen LogP contribution in [-0.4, -0.2) is 66.1 Å². The minimum absolute atomic E-state index is 0.0285. The van der Waals surface area contributed by atoms with Gasteiger partial charge in [-0.15, -0.1) is 0 Å². The number of hydrogen-bond acceptors (Lipinski definition) is 9. The number of pyridine rings is 2. The molecule has 1 atom stereocenters. The number of amides is 2. The van der Waals surface area contributed by atoms with Gasteiger partial charge in [0.1, 0.15) is 17.2 Å². The number of nitrogens with zero attached hydrogens (tertiary/aromatic N) is 4. The second-order valence-corrected chi connectivity index (χ2v) is 13.4. The molecule has 4 heterocycles. The number of carbonyl (C=O) groups excluding carboxylic acids is 2. The third-order valence-corrected chi connectivity index (χ3v) is 8.73. The molecule has 2 aromatic rings. The Balaban J connectivity index is 1.66. The van der Waals surface area contributed by atoms with E-state index in [1.807, 2.05) is 26.8 Å². The van der Waals surface area contributed by atoms with Crippen LogP contribution in [0.3, 0.4) is 0 Å². The summed E-state index contributed by atoms with van der Waals surface area (Å²) in [5, 5.41) is -0.344. The van der Waals surface area contributed by atoms with Gasteiger partial charge in [0.25, 0.3) is 15.9 Å². The molecule has 11 nitrogen and oxygen atoms in total. The van der Waals surface area contributed by atoms with E-state index in [4.69, 9.17) is 15.5 Å². The Morgan fingerprint density at radius 2 is 1.85 bits per heavy atom. The van der Waals surface area contributed by atoms with Crippen LogP contribution in [0.5, 0.6) is 0 Å². The highest BCUT2D eigenvalue weighted by Crippen LogP contribution is 2.39. The molecule has 0 spiro atoms. The smallest absolute Gasteiger partial charge is 0.410 e. The zero-order valence-electron chi connectivity index (χ0n) is 23.9. The molecule has 216 valence electrons. The fourth-order valence-corrected chi connectivity index (χ4v) is 5.76. The Kier molecular flexibility index (Phi) is 7.85. The molecule has 0 saturated carbocycles. The number of sulfonamides is 1. The number of carbonyl (C=O) groups is 2. The van der Waals surface area contributed by atoms with Crippen LogP contribution in [0.4, 0.5) is 16.4 Å². The van der Waals surface area contributed by atoms with Crippen molar-refractivity contribution < 1.29 is 22.7 Å². The first-order valence-corrected chi connectivity index (χ1v) is 14.8. The molecule has 2 aliphatic rings. The summed E-state index contributed by atoms with van der Waals surface area (Å²) >= 11 is 0. The maximum atomic E-state index is 13.4. The molecule has 3 N–H and O–H groups in total. The topological polar surface area (TPSA) is 148 Å². The van der Waals surface area contributed by atoms with E-state index in [1.165, 1.54) is 18.2 Å². The van der Waals surface area contributed by atoms with Gasteiger partial charge in [-0.1, -0.05) is 19.1 Å². The first kappa shape index (κ1) is 29.3. The van der Waals surface area contributed by atoms with Crippen molar-refractivity contribution in [3.63, 3.8) is 0 Å². The van der Waals surface area contributed by atoms with Crippen molar-refractivity contribution in [2.75, 3.05) is 30.3 Å². The van der Waals surface area contributed by atoms with Crippen molar-refractivity contribution >= 4 is 39.2 Å². The summed E-state index contributed by atoms with van der Waals surface area (Å²) < 4.78 is 33.5. The van der Waals surface area contributed by atoms with Crippen LogP contribution in [0, 0.1) is 5.92 Å². The van der Waals surface area contributed by atoms with Crippen molar-refractivity contribution in [2.45, 2.75) is 70.6 Å². The van der Waals surface area contributed by atoms with Crippen LogP contribution in [0.25, 0.3) is 5.57 Å². The van der Waals surface area contributed by atoms with E-state index in [1.54, 1.807) is 17.0 Å². The molecule has 0 aromatic carbocycles. The number of nitrogen functional groups attached to an aromatic ring is 1.